The first-order chi connectivity index (χ1) is 14.1. The van der Waals surface area contributed by atoms with E-state index < -0.39 is 5.91 Å². The number of aryl methyl sites for hydroxylation is 1. The van der Waals surface area contributed by atoms with E-state index >= 15 is 0 Å². The Bertz CT molecular complexity index is 1020. The van der Waals surface area contributed by atoms with Crippen LogP contribution in [0.4, 0.5) is 0 Å². The van der Waals surface area contributed by atoms with Crippen LogP contribution >= 0.6 is 0 Å². The van der Waals surface area contributed by atoms with E-state index in [1.807, 2.05) is 48.5 Å². The van der Waals surface area contributed by atoms with Gasteiger partial charge in [-0.1, -0.05) is 48.5 Å². The number of carbonyl (C=O) groups is 1. The van der Waals surface area contributed by atoms with Gasteiger partial charge in [0.1, 0.15) is 11.5 Å². The molecule has 0 spiro atoms. The topological polar surface area (TPSA) is 104 Å². The maximum atomic E-state index is 12.1. The Hall–Kier alpha value is -3.71. The van der Waals surface area contributed by atoms with Crippen molar-refractivity contribution in [1.29, 1.82) is 0 Å². The molecule has 7 nitrogen and oxygen atoms in total. The Morgan fingerprint density at radius 1 is 1.17 bits per heavy atom. The molecule has 3 N–H and O–H groups in total. The Kier molecular flexibility index (Phi) is 6.55. The highest BCUT2D eigenvalue weighted by Gasteiger charge is 2.10. The summed E-state index contributed by atoms with van der Waals surface area (Å²) < 4.78 is 5.66. The van der Waals surface area contributed by atoms with Crippen LogP contribution < -0.4 is 10.2 Å². The fraction of sp³-hybridized carbons (Fsp3) is 0.136. The van der Waals surface area contributed by atoms with Crippen molar-refractivity contribution in [1.82, 2.24) is 10.4 Å². The minimum Gasteiger partial charge on any atom is -0.505 e. The van der Waals surface area contributed by atoms with Crippen molar-refractivity contribution >= 4 is 12.1 Å². The molecule has 7 heteroatoms. The van der Waals surface area contributed by atoms with Gasteiger partial charge in [0.05, 0.1) is 18.5 Å². The number of ether oxygens (including phenoxy) is 1. The van der Waals surface area contributed by atoms with E-state index in [-0.39, 0.29) is 19.0 Å². The number of aliphatic hydroxyl groups excluding tert-OH is 1. The van der Waals surface area contributed by atoms with Gasteiger partial charge in [0.15, 0.2) is 6.61 Å². The highest BCUT2D eigenvalue weighted by molar-refractivity contribution is 5.87. The van der Waals surface area contributed by atoms with Gasteiger partial charge >= 0.3 is 0 Å². The van der Waals surface area contributed by atoms with Crippen LogP contribution in [0.25, 0.3) is 11.1 Å². The molecule has 2 aromatic carbocycles. The number of benzene rings is 2. The van der Waals surface area contributed by atoms with Crippen LogP contribution in [0.3, 0.4) is 0 Å². The van der Waals surface area contributed by atoms with Crippen LogP contribution in [0.1, 0.15) is 16.8 Å². The average Bonchev–Trinajstić information content (AvgIpc) is 2.76. The van der Waals surface area contributed by atoms with Crippen molar-refractivity contribution in [2.75, 3.05) is 6.61 Å². The number of aromatic hydroxyl groups is 1. The zero-order valence-corrected chi connectivity index (χ0v) is 15.9. The highest BCUT2D eigenvalue weighted by Crippen LogP contribution is 2.29. The van der Waals surface area contributed by atoms with E-state index in [4.69, 9.17) is 4.74 Å². The molecule has 148 valence electrons. The van der Waals surface area contributed by atoms with Crippen LogP contribution in [0.5, 0.6) is 11.5 Å². The summed E-state index contributed by atoms with van der Waals surface area (Å²) in [5, 5.41) is 23.3. The first-order valence-corrected chi connectivity index (χ1v) is 8.97. The van der Waals surface area contributed by atoms with Gasteiger partial charge in [0.25, 0.3) is 5.91 Å². The van der Waals surface area contributed by atoms with E-state index in [1.165, 1.54) is 12.4 Å². The van der Waals surface area contributed by atoms with E-state index in [0.29, 0.717) is 22.6 Å². The van der Waals surface area contributed by atoms with Crippen LogP contribution in [-0.2, 0) is 11.4 Å². The second-order valence-corrected chi connectivity index (χ2v) is 6.23. The molecule has 0 atom stereocenters. The Morgan fingerprint density at radius 3 is 2.66 bits per heavy atom. The molecule has 3 rings (SSSR count). The summed E-state index contributed by atoms with van der Waals surface area (Å²) in [6, 6.07) is 17.2. The quantitative estimate of drug-likeness (QED) is 0.424. The molecule has 0 aliphatic heterocycles. The lowest BCUT2D eigenvalue weighted by Gasteiger charge is -2.11. The minimum atomic E-state index is -0.458. The van der Waals surface area contributed by atoms with Crippen molar-refractivity contribution in [2.45, 2.75) is 13.5 Å². The molecule has 0 saturated heterocycles. The number of aliphatic hydroxyl groups is 1. The maximum Gasteiger partial charge on any atom is 0.277 e. The second kappa shape index (κ2) is 9.48. The summed E-state index contributed by atoms with van der Waals surface area (Å²) >= 11 is 0. The van der Waals surface area contributed by atoms with Crippen LogP contribution in [-0.4, -0.2) is 33.9 Å². The number of carbonyl (C=O) groups excluding carboxylic acids is 1. The highest BCUT2D eigenvalue weighted by atomic mass is 16.5. The fourth-order valence-corrected chi connectivity index (χ4v) is 2.72. The van der Waals surface area contributed by atoms with E-state index in [9.17, 15) is 15.0 Å². The van der Waals surface area contributed by atoms with Crippen molar-refractivity contribution in [3.05, 3.63) is 77.6 Å². The van der Waals surface area contributed by atoms with Gasteiger partial charge in [-0.25, -0.2) is 5.43 Å². The number of hydrogen-bond acceptors (Lipinski definition) is 6. The first-order valence-electron chi connectivity index (χ1n) is 8.97. The molecule has 3 aromatic rings. The van der Waals surface area contributed by atoms with Gasteiger partial charge in [-0.2, -0.15) is 5.10 Å². The van der Waals surface area contributed by atoms with E-state index in [1.54, 1.807) is 13.0 Å². The fourth-order valence-electron chi connectivity index (χ4n) is 2.72. The predicted molar refractivity (Wildman–Crippen MR) is 110 cm³/mol. The van der Waals surface area contributed by atoms with Crippen molar-refractivity contribution in [3.8, 4) is 22.6 Å². The molecule has 1 amide bonds. The number of amides is 1. The van der Waals surface area contributed by atoms with Gasteiger partial charge in [-0.05, 0) is 18.6 Å². The number of nitrogens with one attached hydrogen (secondary N) is 1. The second-order valence-electron chi connectivity index (χ2n) is 6.23. The summed E-state index contributed by atoms with van der Waals surface area (Å²) in [5.74, 6) is 0.0327. The van der Waals surface area contributed by atoms with Crippen LogP contribution in [0.2, 0.25) is 0 Å². The van der Waals surface area contributed by atoms with Gasteiger partial charge in [0.2, 0.25) is 0 Å². The van der Waals surface area contributed by atoms with E-state index in [0.717, 1.165) is 11.1 Å². The lowest BCUT2D eigenvalue weighted by molar-refractivity contribution is -0.123. The van der Waals surface area contributed by atoms with Crippen molar-refractivity contribution in [3.63, 3.8) is 0 Å². The van der Waals surface area contributed by atoms with Gasteiger partial charge < -0.3 is 14.9 Å². The number of nitrogens with zero attached hydrogens (tertiary/aromatic N) is 2. The third kappa shape index (κ3) is 4.97. The minimum absolute atomic E-state index is 0.0948. The van der Waals surface area contributed by atoms with Crippen LogP contribution in [0.15, 0.2) is 65.9 Å². The predicted octanol–water partition coefficient (Wildman–Crippen LogP) is 2.78. The summed E-state index contributed by atoms with van der Waals surface area (Å²) in [5.41, 5.74) is 5.32. The zero-order chi connectivity index (χ0) is 20.6. The average molecular weight is 391 g/mol. The number of rotatable bonds is 7. The van der Waals surface area contributed by atoms with Gasteiger partial charge in [-0.3, -0.25) is 9.78 Å². The third-order valence-electron chi connectivity index (χ3n) is 4.24. The van der Waals surface area contributed by atoms with Crippen LogP contribution in [0, 0.1) is 6.92 Å². The number of aromatic nitrogens is 1. The number of para-hydroxylation sites is 1. The van der Waals surface area contributed by atoms with Crippen molar-refractivity contribution in [2.24, 2.45) is 5.10 Å². The lowest BCUT2D eigenvalue weighted by Crippen LogP contribution is -2.24. The molecular weight excluding hydrogens is 370 g/mol. The monoisotopic (exact) mass is 391 g/mol. The Morgan fingerprint density at radius 2 is 1.90 bits per heavy atom. The summed E-state index contributed by atoms with van der Waals surface area (Å²) in [6.07, 6.45) is 2.72. The number of hydrogen-bond donors (Lipinski definition) is 3. The third-order valence-corrected chi connectivity index (χ3v) is 4.24. The Labute approximate surface area is 168 Å². The molecule has 0 fully saturated rings. The molecule has 0 aliphatic rings. The lowest BCUT2D eigenvalue weighted by atomic mass is 10.1. The van der Waals surface area contributed by atoms with Crippen molar-refractivity contribution < 1.29 is 19.7 Å². The number of hydrazone groups is 1. The largest absolute Gasteiger partial charge is 0.505 e. The molecule has 29 heavy (non-hydrogen) atoms. The smallest absolute Gasteiger partial charge is 0.277 e. The molecule has 0 aliphatic carbocycles. The molecule has 0 radical (unpaired) electrons. The normalized spacial score (nSPS) is 10.8. The Balaban J connectivity index is 1.64. The SMILES string of the molecule is Cc1ncc(CO)c(/C=N/NC(=O)COc2ccccc2-c2ccccc2)c1O. The van der Waals surface area contributed by atoms with Gasteiger partial charge in [-0.15, -0.1) is 0 Å². The molecule has 1 aromatic heterocycles. The maximum absolute atomic E-state index is 12.1. The standard InChI is InChI=1S/C22H21N3O4/c1-15-22(28)19(17(13-26)11-23-15)12-24-25-21(27)14-29-20-10-6-5-9-18(20)16-7-3-2-4-8-16/h2-12,26,28H,13-14H2,1H3,(H,25,27)/b24-12+. The summed E-state index contributed by atoms with van der Waals surface area (Å²) in [4.78, 5) is 16.1. The van der Waals surface area contributed by atoms with Gasteiger partial charge in [0, 0.05) is 22.9 Å². The molecule has 0 unspecified atom stereocenters. The molecule has 0 bridgehead atoms. The molecule has 1 heterocycles. The molecular formula is C22H21N3O4. The zero-order valence-electron chi connectivity index (χ0n) is 15.9. The molecule has 0 saturated carbocycles. The summed E-state index contributed by atoms with van der Waals surface area (Å²) in [7, 11) is 0. The van der Waals surface area contributed by atoms with E-state index in [2.05, 4.69) is 15.5 Å². The summed E-state index contributed by atoms with van der Waals surface area (Å²) in [6.45, 7) is 1.09. The number of pyridine rings is 1. The first kappa shape index (κ1) is 20.0.